The highest BCUT2D eigenvalue weighted by Crippen LogP contribution is 2.14. The Hall–Kier alpha value is -3.62. The van der Waals surface area contributed by atoms with Crippen molar-refractivity contribution >= 4 is 6.08 Å². The first-order valence-electron chi connectivity index (χ1n) is 11.0. The molecule has 0 fully saturated rings. The number of rotatable bonds is 5. The summed E-state index contributed by atoms with van der Waals surface area (Å²) >= 11 is 0. The van der Waals surface area contributed by atoms with E-state index in [1.807, 2.05) is 12.1 Å². The van der Waals surface area contributed by atoms with Crippen LogP contribution in [0, 0.1) is 23.7 Å². The molecule has 0 nitrogen and oxygen atoms in total. The lowest BCUT2D eigenvalue weighted by atomic mass is 10.0. The maximum Gasteiger partial charge on any atom is 0.270 e. The third-order valence-corrected chi connectivity index (χ3v) is 5.14. The first kappa shape index (κ1) is 23.1. The van der Waals surface area contributed by atoms with Crippen LogP contribution in [0.1, 0.15) is 65.6 Å². The van der Waals surface area contributed by atoms with Gasteiger partial charge in [-0.2, -0.15) is 8.78 Å². The zero-order valence-electron chi connectivity index (χ0n) is 18.5. The van der Waals surface area contributed by atoms with Gasteiger partial charge >= 0.3 is 0 Å². The smallest absolute Gasteiger partial charge is 0.173 e. The van der Waals surface area contributed by atoms with Gasteiger partial charge < -0.3 is 0 Å². The van der Waals surface area contributed by atoms with Gasteiger partial charge in [-0.1, -0.05) is 68.2 Å². The molecule has 0 atom stereocenters. The van der Waals surface area contributed by atoms with Crippen LogP contribution in [0.3, 0.4) is 0 Å². The van der Waals surface area contributed by atoms with Gasteiger partial charge in [0.25, 0.3) is 6.08 Å². The average Bonchev–Trinajstić information content (AvgIpc) is 2.81. The standard InChI is InChI=1S/C30H26F2/c1-3-5-6-23-7-9-25(10-8-23)17-19-29-20-18-26(21-28(29)4-2)14-11-24-12-15-27(16-13-24)22-30(31)32/h7-10,12-13,15-16,18,20-22H,3-6H2,1-2H3. The Morgan fingerprint density at radius 3 is 1.97 bits per heavy atom. The topological polar surface area (TPSA) is 0 Å². The van der Waals surface area contributed by atoms with Crippen molar-refractivity contribution in [3.8, 4) is 23.7 Å². The van der Waals surface area contributed by atoms with Crippen molar-refractivity contribution in [1.29, 1.82) is 0 Å². The van der Waals surface area contributed by atoms with Crippen LogP contribution in [-0.4, -0.2) is 0 Å². The lowest BCUT2D eigenvalue weighted by Gasteiger charge is -2.02. The van der Waals surface area contributed by atoms with Crippen molar-refractivity contribution in [3.05, 3.63) is 112 Å². The molecule has 3 aromatic carbocycles. The summed E-state index contributed by atoms with van der Waals surface area (Å²) in [6.45, 7) is 4.31. The monoisotopic (exact) mass is 424 g/mol. The van der Waals surface area contributed by atoms with Gasteiger partial charge in [-0.3, -0.25) is 0 Å². The lowest BCUT2D eigenvalue weighted by molar-refractivity contribution is 0.429. The molecule has 0 heterocycles. The van der Waals surface area contributed by atoms with Gasteiger partial charge in [0.2, 0.25) is 0 Å². The van der Waals surface area contributed by atoms with Crippen molar-refractivity contribution in [2.24, 2.45) is 0 Å². The molecule has 0 saturated carbocycles. The van der Waals surface area contributed by atoms with Gasteiger partial charge in [0.1, 0.15) is 0 Å². The van der Waals surface area contributed by atoms with E-state index in [1.165, 1.54) is 18.4 Å². The lowest BCUT2D eigenvalue weighted by Crippen LogP contribution is -1.90. The predicted octanol–water partition coefficient (Wildman–Crippen LogP) is 7.63. The van der Waals surface area contributed by atoms with E-state index in [0.29, 0.717) is 5.56 Å². The molecule has 0 aliphatic rings. The third kappa shape index (κ3) is 6.97. The van der Waals surface area contributed by atoms with Crippen molar-refractivity contribution in [1.82, 2.24) is 0 Å². The van der Waals surface area contributed by atoms with E-state index in [4.69, 9.17) is 0 Å². The molecule has 0 spiro atoms. The highest BCUT2D eigenvalue weighted by Gasteiger charge is 2.00. The molecule has 0 aromatic heterocycles. The minimum atomic E-state index is -1.71. The fourth-order valence-corrected chi connectivity index (χ4v) is 3.29. The molecule has 160 valence electrons. The summed E-state index contributed by atoms with van der Waals surface area (Å²) in [6, 6.07) is 21.3. The van der Waals surface area contributed by atoms with Crippen LogP contribution in [0.2, 0.25) is 0 Å². The highest BCUT2D eigenvalue weighted by atomic mass is 19.3. The molecule has 0 aliphatic carbocycles. The first-order valence-corrected chi connectivity index (χ1v) is 11.0. The van der Waals surface area contributed by atoms with Gasteiger partial charge in [-0.15, -0.1) is 0 Å². The molecular weight excluding hydrogens is 398 g/mol. The quantitative estimate of drug-likeness (QED) is 0.369. The zero-order valence-corrected chi connectivity index (χ0v) is 18.5. The summed E-state index contributed by atoms with van der Waals surface area (Å²) in [6.07, 6.45) is 3.53. The largest absolute Gasteiger partial charge is 0.270 e. The first-order chi connectivity index (χ1) is 15.6. The predicted molar refractivity (Wildman–Crippen MR) is 129 cm³/mol. The Kier molecular flexibility index (Phi) is 8.42. The second-order valence-electron chi connectivity index (χ2n) is 7.58. The SMILES string of the molecule is CCCCc1ccc(C#Cc2ccc(C#Cc3ccc(C=C(F)F)cc3)cc2CC)cc1. The summed E-state index contributed by atoms with van der Waals surface area (Å²) in [4.78, 5) is 0. The van der Waals surface area contributed by atoms with E-state index >= 15 is 0 Å². The van der Waals surface area contributed by atoms with E-state index in [0.717, 1.165) is 46.7 Å². The highest BCUT2D eigenvalue weighted by molar-refractivity contribution is 5.54. The maximum absolute atomic E-state index is 12.3. The van der Waals surface area contributed by atoms with Crippen LogP contribution < -0.4 is 0 Å². The van der Waals surface area contributed by atoms with Gasteiger partial charge in [-0.25, -0.2) is 0 Å². The zero-order chi connectivity index (χ0) is 22.8. The minimum Gasteiger partial charge on any atom is -0.173 e. The molecule has 0 N–H and O–H groups in total. The van der Waals surface area contributed by atoms with Crippen molar-refractivity contribution < 1.29 is 8.78 Å². The molecule has 2 heteroatoms. The molecule has 0 amide bonds. The fourth-order valence-electron chi connectivity index (χ4n) is 3.29. The van der Waals surface area contributed by atoms with Crippen LogP contribution >= 0.6 is 0 Å². The number of hydrogen-bond donors (Lipinski definition) is 0. The molecule has 0 radical (unpaired) electrons. The summed E-state index contributed by atoms with van der Waals surface area (Å²) in [5.41, 5.74) is 6.69. The number of halogens is 2. The number of aryl methyl sites for hydroxylation is 2. The Morgan fingerprint density at radius 1 is 0.750 bits per heavy atom. The van der Waals surface area contributed by atoms with E-state index in [9.17, 15) is 8.78 Å². The van der Waals surface area contributed by atoms with Crippen molar-refractivity contribution in [3.63, 3.8) is 0 Å². The van der Waals surface area contributed by atoms with Crippen molar-refractivity contribution in [2.45, 2.75) is 39.5 Å². The van der Waals surface area contributed by atoms with E-state index in [1.54, 1.807) is 24.3 Å². The van der Waals surface area contributed by atoms with Crippen molar-refractivity contribution in [2.75, 3.05) is 0 Å². The van der Waals surface area contributed by atoms with Crippen LogP contribution in [0.15, 0.2) is 72.8 Å². The summed E-state index contributed by atoms with van der Waals surface area (Å²) < 4.78 is 24.7. The summed E-state index contributed by atoms with van der Waals surface area (Å²) in [5, 5.41) is 0. The van der Waals surface area contributed by atoms with Crippen LogP contribution in [0.25, 0.3) is 6.08 Å². The second kappa shape index (κ2) is 11.7. The Balaban J connectivity index is 1.74. The Labute approximate surface area is 190 Å². The molecule has 0 aliphatic heterocycles. The van der Waals surface area contributed by atoms with E-state index < -0.39 is 6.08 Å². The molecule has 3 rings (SSSR count). The third-order valence-electron chi connectivity index (χ3n) is 5.14. The van der Waals surface area contributed by atoms with Gasteiger partial charge in [-0.05, 0) is 78.4 Å². The maximum atomic E-state index is 12.3. The number of hydrogen-bond acceptors (Lipinski definition) is 0. The minimum absolute atomic E-state index is 0.461. The van der Waals surface area contributed by atoms with E-state index in [2.05, 4.69) is 67.9 Å². The normalized spacial score (nSPS) is 9.88. The Bertz CT molecular complexity index is 1190. The number of unbranched alkanes of at least 4 members (excludes halogenated alkanes) is 1. The van der Waals surface area contributed by atoms with Gasteiger partial charge in [0.05, 0.1) is 0 Å². The molecule has 32 heavy (non-hydrogen) atoms. The van der Waals surface area contributed by atoms with Gasteiger partial charge in [0.15, 0.2) is 0 Å². The number of benzene rings is 3. The van der Waals surface area contributed by atoms with Crippen LogP contribution in [0.5, 0.6) is 0 Å². The Morgan fingerprint density at radius 2 is 1.34 bits per heavy atom. The molecule has 0 unspecified atom stereocenters. The molecule has 3 aromatic rings. The molecular formula is C30H26F2. The second-order valence-corrected chi connectivity index (χ2v) is 7.58. The van der Waals surface area contributed by atoms with Crippen LogP contribution in [0.4, 0.5) is 8.78 Å². The summed E-state index contributed by atoms with van der Waals surface area (Å²) in [7, 11) is 0. The molecule has 0 saturated heterocycles. The average molecular weight is 425 g/mol. The van der Waals surface area contributed by atoms with E-state index in [-0.39, 0.29) is 0 Å². The molecule has 0 bridgehead atoms. The van der Waals surface area contributed by atoms with Crippen LogP contribution in [-0.2, 0) is 12.8 Å². The fraction of sp³-hybridized carbons (Fsp3) is 0.200. The van der Waals surface area contributed by atoms with Gasteiger partial charge in [0, 0.05) is 28.3 Å². The summed E-state index contributed by atoms with van der Waals surface area (Å²) in [5.74, 6) is 12.8.